The van der Waals surface area contributed by atoms with E-state index >= 15 is 0 Å². The molecule has 1 unspecified atom stereocenters. The quantitative estimate of drug-likeness (QED) is 0.840. The molecule has 0 saturated carbocycles. The zero-order valence-corrected chi connectivity index (χ0v) is 13.9. The molecule has 1 spiro atoms. The predicted octanol–water partition coefficient (Wildman–Crippen LogP) is 0.916. The van der Waals surface area contributed by atoms with Crippen molar-refractivity contribution >= 4 is 6.09 Å². The van der Waals surface area contributed by atoms with E-state index in [0.717, 1.165) is 39.3 Å². The van der Waals surface area contributed by atoms with Crippen LogP contribution in [0.4, 0.5) is 4.79 Å². The standard InChI is InChI=1S/C15H29N3O3/c1-12-15(18(7-6-16-12)8-9-20-5)10-17(11-15)13(19)21-14(2,3)4/h12,16H,6-11H2,1-5H3. The van der Waals surface area contributed by atoms with Gasteiger partial charge in [0.05, 0.1) is 12.1 Å². The first-order chi connectivity index (χ1) is 9.78. The van der Waals surface area contributed by atoms with Crippen molar-refractivity contribution < 1.29 is 14.3 Å². The van der Waals surface area contributed by atoms with Gasteiger partial charge in [-0.3, -0.25) is 4.90 Å². The van der Waals surface area contributed by atoms with Crippen LogP contribution in [0.5, 0.6) is 0 Å². The Hall–Kier alpha value is -0.850. The number of likely N-dealkylation sites (tertiary alicyclic amines) is 1. The lowest BCUT2D eigenvalue weighted by Gasteiger charge is -2.60. The molecule has 2 aliphatic rings. The highest BCUT2D eigenvalue weighted by Gasteiger charge is 2.54. The normalized spacial score (nSPS) is 25.8. The highest BCUT2D eigenvalue weighted by molar-refractivity contribution is 5.70. The summed E-state index contributed by atoms with van der Waals surface area (Å²) in [5.74, 6) is 0. The Bertz CT molecular complexity index is 375. The number of rotatable bonds is 3. The zero-order chi connectivity index (χ0) is 15.7. The molecule has 0 aliphatic carbocycles. The molecule has 2 aliphatic heterocycles. The van der Waals surface area contributed by atoms with Crippen molar-refractivity contribution in [1.29, 1.82) is 0 Å². The fourth-order valence-electron chi connectivity index (χ4n) is 3.18. The van der Waals surface area contributed by atoms with Gasteiger partial charge < -0.3 is 19.7 Å². The van der Waals surface area contributed by atoms with Crippen molar-refractivity contribution in [3.05, 3.63) is 0 Å². The van der Waals surface area contributed by atoms with Crippen LogP contribution >= 0.6 is 0 Å². The van der Waals surface area contributed by atoms with Crippen molar-refractivity contribution in [2.24, 2.45) is 0 Å². The molecular weight excluding hydrogens is 270 g/mol. The Morgan fingerprint density at radius 3 is 2.62 bits per heavy atom. The molecule has 0 aromatic heterocycles. The second-order valence-electron chi connectivity index (χ2n) is 7.10. The molecule has 122 valence electrons. The molecule has 2 saturated heterocycles. The minimum Gasteiger partial charge on any atom is -0.444 e. The van der Waals surface area contributed by atoms with Crippen LogP contribution in [0.2, 0.25) is 0 Å². The average Bonchev–Trinajstić information content (AvgIpc) is 2.31. The Balaban J connectivity index is 1.97. The topological polar surface area (TPSA) is 54.0 Å². The molecule has 1 atom stereocenters. The smallest absolute Gasteiger partial charge is 0.410 e. The van der Waals surface area contributed by atoms with Gasteiger partial charge in [0.25, 0.3) is 0 Å². The Labute approximate surface area is 127 Å². The van der Waals surface area contributed by atoms with Gasteiger partial charge in [0.1, 0.15) is 5.60 Å². The molecule has 2 heterocycles. The van der Waals surface area contributed by atoms with E-state index in [1.807, 2.05) is 20.8 Å². The van der Waals surface area contributed by atoms with Crippen LogP contribution < -0.4 is 5.32 Å². The number of amides is 1. The van der Waals surface area contributed by atoms with Gasteiger partial charge in [-0.2, -0.15) is 0 Å². The molecule has 2 rings (SSSR count). The lowest BCUT2D eigenvalue weighted by Crippen LogP contribution is -2.80. The maximum absolute atomic E-state index is 12.1. The average molecular weight is 299 g/mol. The zero-order valence-electron chi connectivity index (χ0n) is 13.9. The number of hydrogen-bond acceptors (Lipinski definition) is 5. The molecule has 1 N–H and O–H groups in total. The van der Waals surface area contributed by atoms with Gasteiger partial charge in [0.15, 0.2) is 0 Å². The second kappa shape index (κ2) is 6.10. The number of methoxy groups -OCH3 is 1. The lowest BCUT2D eigenvalue weighted by atomic mass is 9.79. The summed E-state index contributed by atoms with van der Waals surface area (Å²) in [7, 11) is 1.73. The minimum absolute atomic E-state index is 0.0215. The summed E-state index contributed by atoms with van der Waals surface area (Å²) in [4.78, 5) is 16.4. The minimum atomic E-state index is -0.438. The first kappa shape index (κ1) is 16.5. The van der Waals surface area contributed by atoms with Gasteiger partial charge in [-0.1, -0.05) is 0 Å². The van der Waals surface area contributed by atoms with Crippen molar-refractivity contribution in [2.75, 3.05) is 46.4 Å². The van der Waals surface area contributed by atoms with Gasteiger partial charge in [0.2, 0.25) is 0 Å². The van der Waals surface area contributed by atoms with E-state index < -0.39 is 5.60 Å². The molecule has 0 aromatic rings. The maximum atomic E-state index is 12.1. The number of hydrogen-bond donors (Lipinski definition) is 1. The van der Waals surface area contributed by atoms with Gasteiger partial charge in [0, 0.05) is 45.9 Å². The first-order valence-corrected chi connectivity index (χ1v) is 7.74. The summed E-state index contributed by atoms with van der Waals surface area (Å²) in [6.07, 6.45) is -0.211. The highest BCUT2D eigenvalue weighted by Crippen LogP contribution is 2.34. The third kappa shape index (κ3) is 3.49. The van der Waals surface area contributed by atoms with Gasteiger partial charge in [-0.15, -0.1) is 0 Å². The van der Waals surface area contributed by atoms with Crippen LogP contribution in [0.3, 0.4) is 0 Å². The highest BCUT2D eigenvalue weighted by atomic mass is 16.6. The first-order valence-electron chi connectivity index (χ1n) is 7.74. The second-order valence-corrected chi connectivity index (χ2v) is 7.10. The number of carbonyl (C=O) groups excluding carboxylic acids is 1. The van der Waals surface area contributed by atoms with Crippen LogP contribution in [0.15, 0.2) is 0 Å². The monoisotopic (exact) mass is 299 g/mol. The molecule has 21 heavy (non-hydrogen) atoms. The van der Waals surface area contributed by atoms with Crippen LogP contribution in [0, 0.1) is 0 Å². The fourth-order valence-corrected chi connectivity index (χ4v) is 3.18. The third-order valence-electron chi connectivity index (χ3n) is 4.41. The molecule has 6 heteroatoms. The third-order valence-corrected chi connectivity index (χ3v) is 4.41. The summed E-state index contributed by atoms with van der Waals surface area (Å²) in [5.41, 5.74) is -0.417. The van der Waals surface area contributed by atoms with Crippen LogP contribution in [0.25, 0.3) is 0 Å². The summed E-state index contributed by atoms with van der Waals surface area (Å²) >= 11 is 0. The molecule has 0 aromatic carbocycles. The van der Waals surface area contributed by atoms with E-state index in [-0.39, 0.29) is 11.6 Å². The van der Waals surface area contributed by atoms with E-state index in [1.54, 1.807) is 12.0 Å². The van der Waals surface area contributed by atoms with Crippen molar-refractivity contribution in [3.8, 4) is 0 Å². The van der Waals surface area contributed by atoms with E-state index in [0.29, 0.717) is 6.04 Å². The largest absolute Gasteiger partial charge is 0.444 e. The van der Waals surface area contributed by atoms with Crippen molar-refractivity contribution in [2.45, 2.75) is 44.9 Å². The van der Waals surface area contributed by atoms with Crippen molar-refractivity contribution in [3.63, 3.8) is 0 Å². The summed E-state index contributed by atoms with van der Waals surface area (Å²) < 4.78 is 10.7. The summed E-state index contributed by atoms with van der Waals surface area (Å²) in [5, 5.41) is 3.53. The van der Waals surface area contributed by atoms with Crippen LogP contribution in [-0.2, 0) is 9.47 Å². The predicted molar refractivity (Wildman–Crippen MR) is 81.5 cm³/mol. The van der Waals surface area contributed by atoms with Crippen molar-refractivity contribution in [1.82, 2.24) is 15.1 Å². The Morgan fingerprint density at radius 1 is 1.38 bits per heavy atom. The fraction of sp³-hybridized carbons (Fsp3) is 0.933. The molecular formula is C15H29N3O3. The number of carbonyl (C=O) groups is 1. The van der Waals surface area contributed by atoms with E-state index in [1.165, 1.54) is 0 Å². The van der Waals surface area contributed by atoms with Crippen LogP contribution in [-0.4, -0.2) is 79.5 Å². The number of nitrogens with one attached hydrogen (secondary N) is 1. The summed E-state index contributed by atoms with van der Waals surface area (Å²) in [6.45, 7) is 13.0. The Morgan fingerprint density at radius 2 is 2.05 bits per heavy atom. The summed E-state index contributed by atoms with van der Waals surface area (Å²) in [6, 6.07) is 0.363. The molecule has 1 amide bonds. The number of nitrogens with zero attached hydrogens (tertiary/aromatic N) is 2. The van der Waals surface area contributed by atoms with Gasteiger partial charge in [-0.05, 0) is 27.7 Å². The maximum Gasteiger partial charge on any atom is 0.410 e. The van der Waals surface area contributed by atoms with E-state index in [2.05, 4.69) is 17.1 Å². The number of piperazine rings is 1. The van der Waals surface area contributed by atoms with E-state index in [9.17, 15) is 4.79 Å². The number of ether oxygens (including phenoxy) is 2. The molecule has 6 nitrogen and oxygen atoms in total. The molecule has 2 fully saturated rings. The lowest BCUT2D eigenvalue weighted by molar-refractivity contribution is -0.0969. The molecule has 0 bridgehead atoms. The molecule has 0 radical (unpaired) electrons. The van der Waals surface area contributed by atoms with Gasteiger partial charge in [-0.25, -0.2) is 4.79 Å². The van der Waals surface area contributed by atoms with Gasteiger partial charge >= 0.3 is 6.09 Å². The Kier molecular flexibility index (Phi) is 4.80. The van der Waals surface area contributed by atoms with E-state index in [4.69, 9.17) is 9.47 Å². The van der Waals surface area contributed by atoms with Crippen LogP contribution in [0.1, 0.15) is 27.7 Å². The SMILES string of the molecule is COCCN1CCNC(C)C12CN(C(=O)OC(C)(C)C)C2.